The lowest BCUT2D eigenvalue weighted by Crippen LogP contribution is -2.39. The van der Waals surface area contributed by atoms with Gasteiger partial charge in [-0.05, 0) is 57.4 Å². The Bertz CT molecular complexity index is 408. The number of nitrogens with zero attached hydrogens (tertiary/aromatic N) is 1. The van der Waals surface area contributed by atoms with Crippen molar-refractivity contribution in [1.82, 2.24) is 4.90 Å². The quantitative estimate of drug-likeness (QED) is 0.912. The maximum Gasteiger partial charge on any atom is 0.126 e. The van der Waals surface area contributed by atoms with E-state index in [4.69, 9.17) is 5.73 Å². The third kappa shape index (κ3) is 3.51. The van der Waals surface area contributed by atoms with Gasteiger partial charge in [0.05, 0.1) is 0 Å². The summed E-state index contributed by atoms with van der Waals surface area (Å²) in [5, 5.41) is 0. The SMILES string of the molecule is CC(c1cc(F)cc(F)c1)N(C)C1CCC(N)CC1. The second-order valence-electron chi connectivity index (χ2n) is 5.61. The summed E-state index contributed by atoms with van der Waals surface area (Å²) in [5.41, 5.74) is 6.60. The Labute approximate surface area is 113 Å². The van der Waals surface area contributed by atoms with E-state index in [9.17, 15) is 8.78 Å². The Kier molecular flexibility index (Phi) is 4.53. The molecule has 0 heterocycles. The van der Waals surface area contributed by atoms with E-state index in [1.807, 2.05) is 14.0 Å². The molecule has 1 aromatic rings. The molecule has 0 aliphatic heterocycles. The summed E-state index contributed by atoms with van der Waals surface area (Å²) in [6, 6.07) is 4.50. The highest BCUT2D eigenvalue weighted by Gasteiger charge is 2.25. The number of hydrogen-bond donors (Lipinski definition) is 1. The lowest BCUT2D eigenvalue weighted by molar-refractivity contribution is 0.140. The Balaban J connectivity index is 2.07. The maximum atomic E-state index is 13.3. The summed E-state index contributed by atoms with van der Waals surface area (Å²) < 4.78 is 26.5. The van der Waals surface area contributed by atoms with Crippen LogP contribution in [0, 0.1) is 11.6 Å². The zero-order valence-electron chi connectivity index (χ0n) is 11.6. The van der Waals surface area contributed by atoms with E-state index in [1.54, 1.807) is 0 Å². The van der Waals surface area contributed by atoms with E-state index < -0.39 is 11.6 Å². The molecule has 1 fully saturated rings. The maximum absolute atomic E-state index is 13.3. The van der Waals surface area contributed by atoms with Gasteiger partial charge in [-0.25, -0.2) is 8.78 Å². The Morgan fingerprint density at radius 3 is 2.16 bits per heavy atom. The Morgan fingerprint density at radius 1 is 1.11 bits per heavy atom. The van der Waals surface area contributed by atoms with Crippen molar-refractivity contribution in [2.24, 2.45) is 5.73 Å². The van der Waals surface area contributed by atoms with Gasteiger partial charge in [0.1, 0.15) is 11.6 Å². The van der Waals surface area contributed by atoms with Crippen LogP contribution in [0.5, 0.6) is 0 Å². The van der Waals surface area contributed by atoms with Crippen molar-refractivity contribution in [1.29, 1.82) is 0 Å². The molecule has 2 rings (SSSR count). The van der Waals surface area contributed by atoms with Crippen LogP contribution in [0.3, 0.4) is 0 Å². The van der Waals surface area contributed by atoms with Gasteiger partial charge in [0, 0.05) is 24.2 Å². The average molecular weight is 268 g/mol. The summed E-state index contributed by atoms with van der Waals surface area (Å²) in [7, 11) is 2.02. The topological polar surface area (TPSA) is 29.3 Å². The van der Waals surface area contributed by atoms with Gasteiger partial charge < -0.3 is 5.73 Å². The molecule has 0 amide bonds. The molecule has 0 aromatic heterocycles. The highest BCUT2D eigenvalue weighted by atomic mass is 19.1. The third-order valence-electron chi connectivity index (χ3n) is 4.30. The van der Waals surface area contributed by atoms with Crippen LogP contribution in [-0.2, 0) is 0 Å². The van der Waals surface area contributed by atoms with Gasteiger partial charge in [-0.1, -0.05) is 0 Å². The predicted octanol–water partition coefficient (Wildman–Crippen LogP) is 3.23. The van der Waals surface area contributed by atoms with Crippen LogP contribution in [0.25, 0.3) is 0 Å². The van der Waals surface area contributed by atoms with Crippen molar-refractivity contribution >= 4 is 0 Å². The van der Waals surface area contributed by atoms with Crippen LogP contribution >= 0.6 is 0 Å². The zero-order chi connectivity index (χ0) is 14.0. The first kappa shape index (κ1) is 14.4. The fourth-order valence-electron chi connectivity index (χ4n) is 2.88. The highest BCUT2D eigenvalue weighted by Crippen LogP contribution is 2.29. The number of benzene rings is 1. The number of nitrogens with two attached hydrogens (primary N) is 1. The smallest absolute Gasteiger partial charge is 0.126 e. The third-order valence-corrected chi connectivity index (χ3v) is 4.30. The molecule has 2 nitrogen and oxygen atoms in total. The van der Waals surface area contributed by atoms with E-state index in [0.29, 0.717) is 17.6 Å². The van der Waals surface area contributed by atoms with E-state index in [-0.39, 0.29) is 6.04 Å². The van der Waals surface area contributed by atoms with Crippen molar-refractivity contribution in [3.63, 3.8) is 0 Å². The molecular formula is C15H22F2N2. The van der Waals surface area contributed by atoms with Gasteiger partial charge in [0.25, 0.3) is 0 Å². The van der Waals surface area contributed by atoms with Crippen molar-refractivity contribution in [2.75, 3.05) is 7.05 Å². The number of hydrogen-bond acceptors (Lipinski definition) is 2. The molecule has 1 saturated carbocycles. The molecule has 1 unspecified atom stereocenters. The fourth-order valence-corrected chi connectivity index (χ4v) is 2.88. The Morgan fingerprint density at radius 2 is 1.63 bits per heavy atom. The van der Waals surface area contributed by atoms with Crippen molar-refractivity contribution in [3.8, 4) is 0 Å². The summed E-state index contributed by atoms with van der Waals surface area (Å²) in [4.78, 5) is 2.21. The van der Waals surface area contributed by atoms with Crippen molar-refractivity contribution < 1.29 is 8.78 Å². The lowest BCUT2D eigenvalue weighted by Gasteiger charge is -2.37. The number of halogens is 2. The summed E-state index contributed by atoms with van der Waals surface area (Å²) >= 11 is 0. The van der Waals surface area contributed by atoms with E-state index in [2.05, 4.69) is 4.90 Å². The summed E-state index contributed by atoms with van der Waals surface area (Å²) in [6.45, 7) is 1.99. The standard InChI is InChI=1S/C15H22F2N2/c1-10(11-7-12(16)9-13(17)8-11)19(2)15-5-3-14(18)4-6-15/h7-10,14-15H,3-6,18H2,1-2H3. The van der Waals surface area contributed by atoms with Crippen LogP contribution in [0.2, 0.25) is 0 Å². The minimum Gasteiger partial charge on any atom is -0.328 e. The minimum absolute atomic E-state index is 0.00419. The second-order valence-corrected chi connectivity index (χ2v) is 5.61. The minimum atomic E-state index is -0.513. The van der Waals surface area contributed by atoms with Gasteiger partial charge >= 0.3 is 0 Å². The average Bonchev–Trinajstić information content (AvgIpc) is 2.37. The Hall–Kier alpha value is -1.00. The molecule has 106 valence electrons. The van der Waals surface area contributed by atoms with Gasteiger partial charge in [0.15, 0.2) is 0 Å². The first-order chi connectivity index (χ1) is 8.97. The molecule has 1 aliphatic rings. The van der Waals surface area contributed by atoms with Gasteiger partial charge in [-0.2, -0.15) is 0 Å². The molecular weight excluding hydrogens is 246 g/mol. The van der Waals surface area contributed by atoms with E-state index >= 15 is 0 Å². The van der Waals surface area contributed by atoms with Crippen LogP contribution < -0.4 is 5.73 Å². The van der Waals surface area contributed by atoms with Crippen LogP contribution in [0.4, 0.5) is 8.78 Å². The molecule has 4 heteroatoms. The first-order valence-corrected chi connectivity index (χ1v) is 6.91. The van der Waals surface area contributed by atoms with Crippen molar-refractivity contribution in [3.05, 3.63) is 35.4 Å². The van der Waals surface area contributed by atoms with Gasteiger partial charge in [-0.15, -0.1) is 0 Å². The van der Waals surface area contributed by atoms with Gasteiger partial charge in [-0.3, -0.25) is 4.90 Å². The fraction of sp³-hybridized carbons (Fsp3) is 0.600. The first-order valence-electron chi connectivity index (χ1n) is 6.91. The van der Waals surface area contributed by atoms with Crippen molar-refractivity contribution in [2.45, 2.75) is 50.7 Å². The van der Waals surface area contributed by atoms with Crippen LogP contribution in [0.15, 0.2) is 18.2 Å². The molecule has 0 spiro atoms. The molecule has 19 heavy (non-hydrogen) atoms. The summed E-state index contributed by atoms with van der Waals surface area (Å²) in [5.74, 6) is -1.03. The zero-order valence-corrected chi connectivity index (χ0v) is 11.6. The van der Waals surface area contributed by atoms with Crippen LogP contribution in [0.1, 0.15) is 44.2 Å². The van der Waals surface area contributed by atoms with E-state index in [0.717, 1.165) is 31.7 Å². The molecule has 1 aliphatic carbocycles. The number of rotatable bonds is 3. The van der Waals surface area contributed by atoms with Crippen LogP contribution in [-0.4, -0.2) is 24.0 Å². The molecule has 0 bridgehead atoms. The largest absolute Gasteiger partial charge is 0.328 e. The normalized spacial score (nSPS) is 25.6. The molecule has 1 atom stereocenters. The van der Waals surface area contributed by atoms with E-state index in [1.165, 1.54) is 12.1 Å². The highest BCUT2D eigenvalue weighted by molar-refractivity contribution is 5.21. The molecule has 0 saturated heterocycles. The molecule has 2 N–H and O–H groups in total. The monoisotopic (exact) mass is 268 g/mol. The van der Waals surface area contributed by atoms with Gasteiger partial charge in [0.2, 0.25) is 0 Å². The lowest BCUT2D eigenvalue weighted by atomic mass is 9.90. The molecule has 0 radical (unpaired) electrons. The summed E-state index contributed by atoms with van der Waals surface area (Å²) in [6.07, 6.45) is 4.16. The predicted molar refractivity (Wildman–Crippen MR) is 72.8 cm³/mol. The molecule has 1 aromatic carbocycles. The second kappa shape index (κ2) is 5.97.